The second-order valence-corrected chi connectivity index (χ2v) is 4.91. The molecule has 0 aliphatic heterocycles. The van der Waals surface area contributed by atoms with Crippen molar-refractivity contribution in [3.8, 4) is 0 Å². The van der Waals surface area contributed by atoms with E-state index in [1.54, 1.807) is 0 Å². The molecule has 3 N–H and O–H groups in total. The van der Waals surface area contributed by atoms with Gasteiger partial charge in [0.05, 0.1) is 0 Å². The van der Waals surface area contributed by atoms with Gasteiger partial charge in [-0.3, -0.25) is 0 Å². The minimum absolute atomic E-state index is 0.375. The van der Waals surface area contributed by atoms with Crippen LogP contribution in [-0.4, -0.2) is 10.8 Å². The molecule has 2 heteroatoms. The highest BCUT2D eigenvalue weighted by Gasteiger charge is 2.42. The summed E-state index contributed by atoms with van der Waals surface area (Å²) < 4.78 is 0. The van der Waals surface area contributed by atoms with Gasteiger partial charge in [0.25, 0.3) is 0 Å². The van der Waals surface area contributed by atoms with Gasteiger partial charge in [-0.2, -0.15) is 0 Å². The zero-order valence-corrected chi connectivity index (χ0v) is 7.79. The van der Waals surface area contributed by atoms with Gasteiger partial charge in [0.2, 0.25) is 0 Å². The monoisotopic (exact) mass is 169 g/mol. The molecule has 0 amide bonds. The van der Waals surface area contributed by atoms with Crippen molar-refractivity contribution in [1.82, 2.24) is 0 Å². The largest absolute Gasteiger partial charge is 0.376 e. The minimum Gasteiger partial charge on any atom is -0.376 e. The van der Waals surface area contributed by atoms with Crippen LogP contribution in [-0.2, 0) is 0 Å². The molecular weight excluding hydrogens is 150 g/mol. The van der Waals surface area contributed by atoms with Crippen LogP contribution < -0.4 is 5.73 Å². The molecule has 2 rings (SSSR count). The number of rotatable bonds is 0. The summed E-state index contributed by atoms with van der Waals surface area (Å²) in [4.78, 5) is 0. The first-order chi connectivity index (χ1) is 5.58. The Morgan fingerprint density at radius 3 is 2.83 bits per heavy atom. The topological polar surface area (TPSA) is 46.2 Å². The zero-order chi connectivity index (χ0) is 8.77. The maximum atomic E-state index is 9.88. The van der Waals surface area contributed by atoms with Crippen molar-refractivity contribution >= 4 is 0 Å². The maximum Gasteiger partial charge on any atom is 0.116 e. The first-order valence-electron chi connectivity index (χ1n) is 5.09. The molecule has 4 unspecified atom stereocenters. The zero-order valence-electron chi connectivity index (χ0n) is 7.79. The van der Waals surface area contributed by atoms with Crippen LogP contribution in [0.5, 0.6) is 0 Å². The molecule has 0 aromatic carbocycles. The van der Waals surface area contributed by atoms with Crippen molar-refractivity contribution < 1.29 is 5.11 Å². The van der Waals surface area contributed by atoms with E-state index in [1.165, 1.54) is 6.42 Å². The van der Waals surface area contributed by atoms with Gasteiger partial charge in [-0.15, -0.1) is 0 Å². The lowest BCUT2D eigenvalue weighted by Crippen LogP contribution is -2.53. The highest BCUT2D eigenvalue weighted by atomic mass is 16.3. The summed E-state index contributed by atoms with van der Waals surface area (Å²) >= 11 is 0. The fourth-order valence-corrected chi connectivity index (χ4v) is 3.03. The Hall–Kier alpha value is -0.0800. The van der Waals surface area contributed by atoms with Crippen molar-refractivity contribution in [3.63, 3.8) is 0 Å². The standard InChI is InChI=1S/C10H19NO/c1-7-4-8-2-3-10(11,12)9(5-7)6-8/h7-9,12H,2-6,11H2,1H3. The third-order valence-electron chi connectivity index (χ3n) is 3.70. The smallest absolute Gasteiger partial charge is 0.116 e. The number of nitrogens with two attached hydrogens (primary N) is 1. The van der Waals surface area contributed by atoms with Crippen LogP contribution >= 0.6 is 0 Å². The quantitative estimate of drug-likeness (QED) is 0.539. The van der Waals surface area contributed by atoms with Crippen LogP contribution in [0, 0.1) is 17.8 Å². The number of hydrogen-bond acceptors (Lipinski definition) is 2. The third-order valence-corrected chi connectivity index (χ3v) is 3.70. The summed E-state index contributed by atoms with van der Waals surface area (Å²) in [6.45, 7) is 2.28. The Morgan fingerprint density at radius 1 is 1.33 bits per heavy atom. The number of aliphatic hydroxyl groups is 1. The highest BCUT2D eigenvalue weighted by Crippen LogP contribution is 2.45. The molecule has 0 spiro atoms. The molecule has 2 bridgehead atoms. The first-order valence-corrected chi connectivity index (χ1v) is 5.09. The van der Waals surface area contributed by atoms with E-state index < -0.39 is 5.72 Å². The lowest BCUT2D eigenvalue weighted by molar-refractivity contribution is -0.0834. The van der Waals surface area contributed by atoms with Gasteiger partial charge in [0.1, 0.15) is 5.72 Å². The normalized spacial score (nSPS) is 53.8. The molecule has 4 atom stereocenters. The van der Waals surface area contributed by atoms with E-state index in [2.05, 4.69) is 6.92 Å². The summed E-state index contributed by atoms with van der Waals surface area (Å²) in [6.07, 6.45) is 5.59. The molecule has 0 aromatic heterocycles. The molecule has 2 aliphatic rings. The Kier molecular flexibility index (Phi) is 1.92. The van der Waals surface area contributed by atoms with Gasteiger partial charge in [0.15, 0.2) is 0 Å². The van der Waals surface area contributed by atoms with E-state index in [9.17, 15) is 5.11 Å². The SMILES string of the molecule is CC1CC2CCC(N)(O)C(C1)C2. The van der Waals surface area contributed by atoms with E-state index in [-0.39, 0.29) is 0 Å². The fourth-order valence-electron chi connectivity index (χ4n) is 3.03. The fraction of sp³-hybridized carbons (Fsp3) is 1.00. The predicted molar refractivity (Wildman–Crippen MR) is 48.4 cm³/mol. The van der Waals surface area contributed by atoms with Crippen LogP contribution in [0.4, 0.5) is 0 Å². The lowest BCUT2D eigenvalue weighted by Gasteiger charge is -2.46. The maximum absolute atomic E-state index is 9.88. The van der Waals surface area contributed by atoms with Crippen LogP contribution in [0.2, 0.25) is 0 Å². The Morgan fingerprint density at radius 2 is 2.08 bits per heavy atom. The molecule has 0 heterocycles. The van der Waals surface area contributed by atoms with Crippen molar-refractivity contribution in [1.29, 1.82) is 0 Å². The van der Waals surface area contributed by atoms with Crippen LogP contribution in [0.1, 0.15) is 39.0 Å². The van der Waals surface area contributed by atoms with Crippen LogP contribution in [0.15, 0.2) is 0 Å². The summed E-state index contributed by atoms with van der Waals surface area (Å²) in [7, 11) is 0. The van der Waals surface area contributed by atoms with E-state index in [1.807, 2.05) is 0 Å². The summed E-state index contributed by atoms with van der Waals surface area (Å²) in [5.41, 5.74) is 5.00. The van der Waals surface area contributed by atoms with Gasteiger partial charge in [-0.1, -0.05) is 6.92 Å². The van der Waals surface area contributed by atoms with Crippen molar-refractivity contribution in [2.75, 3.05) is 0 Å². The second-order valence-electron chi connectivity index (χ2n) is 4.91. The van der Waals surface area contributed by atoms with E-state index in [0.717, 1.165) is 37.5 Å². The molecule has 2 nitrogen and oxygen atoms in total. The van der Waals surface area contributed by atoms with Crippen LogP contribution in [0.3, 0.4) is 0 Å². The summed E-state index contributed by atoms with van der Waals surface area (Å²) in [5.74, 6) is 1.99. The van der Waals surface area contributed by atoms with Gasteiger partial charge >= 0.3 is 0 Å². The van der Waals surface area contributed by atoms with E-state index in [4.69, 9.17) is 5.73 Å². The van der Waals surface area contributed by atoms with Crippen molar-refractivity contribution in [3.05, 3.63) is 0 Å². The first kappa shape index (κ1) is 8.52. The average molecular weight is 169 g/mol. The van der Waals surface area contributed by atoms with Gasteiger partial charge in [0, 0.05) is 5.92 Å². The second kappa shape index (κ2) is 2.71. The lowest BCUT2D eigenvalue weighted by atomic mass is 9.65. The number of hydrogen-bond donors (Lipinski definition) is 2. The Balaban J connectivity index is 2.10. The highest BCUT2D eigenvalue weighted by molar-refractivity contribution is 4.92. The van der Waals surface area contributed by atoms with Crippen molar-refractivity contribution in [2.45, 2.75) is 44.8 Å². The number of fused-ring (bicyclic) bond motifs is 2. The minimum atomic E-state index is -0.842. The summed E-state index contributed by atoms with van der Waals surface area (Å²) in [6, 6.07) is 0. The Bertz CT molecular complexity index is 177. The van der Waals surface area contributed by atoms with Crippen molar-refractivity contribution in [2.24, 2.45) is 23.5 Å². The molecule has 0 aromatic rings. The van der Waals surface area contributed by atoms with Gasteiger partial charge < -0.3 is 10.8 Å². The Labute approximate surface area is 74.1 Å². The van der Waals surface area contributed by atoms with Gasteiger partial charge in [-0.05, 0) is 43.9 Å². The molecular formula is C10H19NO. The molecule has 12 heavy (non-hydrogen) atoms. The average Bonchev–Trinajstić information content (AvgIpc) is 1.98. The predicted octanol–water partition coefficient (Wildman–Crippen LogP) is 1.48. The molecule has 0 saturated heterocycles. The summed E-state index contributed by atoms with van der Waals surface area (Å²) in [5, 5.41) is 9.88. The molecule has 2 fully saturated rings. The molecule has 2 aliphatic carbocycles. The molecule has 0 radical (unpaired) electrons. The van der Waals surface area contributed by atoms with E-state index >= 15 is 0 Å². The molecule has 70 valence electrons. The van der Waals surface area contributed by atoms with Gasteiger partial charge in [-0.25, -0.2) is 0 Å². The van der Waals surface area contributed by atoms with E-state index in [0.29, 0.717) is 5.92 Å². The molecule has 2 saturated carbocycles. The van der Waals surface area contributed by atoms with Crippen LogP contribution in [0.25, 0.3) is 0 Å². The third kappa shape index (κ3) is 1.38.